The number of carbonyl (C=O) groups is 4. The predicted molar refractivity (Wildman–Crippen MR) is 180 cm³/mol. The third-order valence-corrected chi connectivity index (χ3v) is 8.10. The van der Waals surface area contributed by atoms with Crippen molar-refractivity contribution < 1.29 is 29.4 Å². The Labute approximate surface area is 274 Å². The molecule has 10 nitrogen and oxygen atoms in total. The molecular formula is C36H54N4O6. The molecule has 46 heavy (non-hydrogen) atoms. The highest BCUT2D eigenvalue weighted by Crippen LogP contribution is 2.21. The van der Waals surface area contributed by atoms with Crippen molar-refractivity contribution in [3.63, 3.8) is 0 Å². The van der Waals surface area contributed by atoms with Crippen molar-refractivity contribution in [2.45, 2.75) is 124 Å². The molecule has 2 aromatic rings. The molecule has 0 aromatic heterocycles. The highest BCUT2D eigenvalue weighted by Gasteiger charge is 2.17. The average molecular weight is 639 g/mol. The minimum atomic E-state index is -0.547. The minimum Gasteiger partial charge on any atom is -0.507 e. The molecule has 0 aliphatic heterocycles. The van der Waals surface area contributed by atoms with Crippen molar-refractivity contribution in [1.82, 2.24) is 21.7 Å². The Kier molecular flexibility index (Phi) is 17.9. The van der Waals surface area contributed by atoms with E-state index in [0.717, 1.165) is 94.6 Å². The van der Waals surface area contributed by atoms with E-state index in [9.17, 15) is 29.4 Å². The third kappa shape index (κ3) is 14.3. The maximum atomic E-state index is 12.5. The number of benzene rings is 2. The molecule has 0 saturated heterocycles. The first-order valence-electron chi connectivity index (χ1n) is 17.0. The number of hydrazine groups is 2. The van der Waals surface area contributed by atoms with Gasteiger partial charge in [0.15, 0.2) is 0 Å². The lowest BCUT2D eigenvalue weighted by Crippen LogP contribution is -2.44. The number of phenolic OH excluding ortho intramolecular Hbond substituents is 2. The molecule has 6 N–H and O–H groups in total. The maximum absolute atomic E-state index is 12.5. The fourth-order valence-corrected chi connectivity index (χ4v) is 5.14. The lowest BCUT2D eigenvalue weighted by Gasteiger charge is -2.14. The zero-order chi connectivity index (χ0) is 33.7. The zero-order valence-electron chi connectivity index (χ0n) is 27.9. The molecule has 0 aliphatic carbocycles. The van der Waals surface area contributed by atoms with Crippen molar-refractivity contribution in [2.75, 3.05) is 0 Å². The van der Waals surface area contributed by atoms with Crippen LogP contribution < -0.4 is 21.7 Å². The van der Waals surface area contributed by atoms with Crippen molar-refractivity contribution in [1.29, 1.82) is 0 Å². The van der Waals surface area contributed by atoms with Crippen LogP contribution >= 0.6 is 0 Å². The van der Waals surface area contributed by atoms with Crippen LogP contribution in [0.15, 0.2) is 36.4 Å². The Balaban J connectivity index is 1.56. The van der Waals surface area contributed by atoms with Crippen LogP contribution in [-0.2, 0) is 22.4 Å². The fraction of sp³-hybridized carbons (Fsp3) is 0.556. The Morgan fingerprint density at radius 1 is 0.609 bits per heavy atom. The molecule has 0 fully saturated rings. The molecule has 0 saturated carbocycles. The van der Waals surface area contributed by atoms with Crippen LogP contribution in [0.5, 0.6) is 11.5 Å². The summed E-state index contributed by atoms with van der Waals surface area (Å²) in [5, 5.41) is 20.2. The van der Waals surface area contributed by atoms with Gasteiger partial charge in [-0.05, 0) is 73.9 Å². The quantitative estimate of drug-likeness (QED) is 0.0714. The van der Waals surface area contributed by atoms with Crippen LogP contribution in [-0.4, -0.2) is 33.8 Å². The molecule has 2 rings (SSSR count). The summed E-state index contributed by atoms with van der Waals surface area (Å²) in [6.45, 7) is 6.07. The zero-order valence-corrected chi connectivity index (χ0v) is 27.9. The lowest BCUT2D eigenvalue weighted by molar-refractivity contribution is -0.125. The monoisotopic (exact) mass is 638 g/mol. The van der Waals surface area contributed by atoms with Gasteiger partial charge in [-0.2, -0.15) is 0 Å². The summed E-state index contributed by atoms with van der Waals surface area (Å²) < 4.78 is 0. The van der Waals surface area contributed by atoms with Gasteiger partial charge in [0, 0.05) is 12.3 Å². The van der Waals surface area contributed by atoms with E-state index in [1.165, 1.54) is 12.1 Å². The van der Waals surface area contributed by atoms with Crippen LogP contribution in [0.3, 0.4) is 0 Å². The van der Waals surface area contributed by atoms with E-state index in [1.54, 1.807) is 12.1 Å². The van der Waals surface area contributed by atoms with E-state index < -0.39 is 11.8 Å². The first-order valence-corrected chi connectivity index (χ1v) is 17.0. The standard InChI is InChI=1S/C36H54N4O6/c1-4-6-12-17-27-20-22-31(41)29(24-27)35(45)39-37-33(43)19-15-11-9-8-10-14-16-26(3)34(44)38-40-36(46)30-25-28(18-13-7-5-2)21-23-32(30)42/h20-26,41-42H,4-19H2,1-3H3,(H,37,43)(H,38,44)(H,39,45)(H,40,46). The van der Waals surface area contributed by atoms with Gasteiger partial charge in [-0.1, -0.05) is 90.7 Å². The van der Waals surface area contributed by atoms with Crippen LogP contribution in [0.2, 0.25) is 0 Å². The summed E-state index contributed by atoms with van der Waals surface area (Å²) in [5.41, 5.74) is 11.9. The first kappa shape index (κ1) is 38.1. The van der Waals surface area contributed by atoms with E-state index in [4.69, 9.17) is 0 Å². The number of nitrogens with one attached hydrogen (secondary N) is 4. The number of aromatic hydroxyl groups is 2. The molecule has 1 atom stereocenters. The van der Waals surface area contributed by atoms with Gasteiger partial charge in [0.1, 0.15) is 11.5 Å². The molecule has 1 unspecified atom stereocenters. The molecule has 10 heteroatoms. The molecule has 0 heterocycles. The SMILES string of the molecule is CCCCCc1ccc(O)c(C(=O)NNC(=O)CCCCCCCCC(C)C(=O)NNC(=O)c2cc(CCCCC)ccc2O)c1. The average Bonchev–Trinajstić information content (AvgIpc) is 3.05. The van der Waals surface area contributed by atoms with Gasteiger partial charge in [-0.15, -0.1) is 0 Å². The number of phenols is 2. The number of unbranched alkanes of at least 4 members (excludes halogenated alkanes) is 9. The second-order valence-corrected chi connectivity index (χ2v) is 12.1. The number of aryl methyl sites for hydroxylation is 2. The van der Waals surface area contributed by atoms with Crippen molar-refractivity contribution in [2.24, 2.45) is 5.92 Å². The molecule has 0 aliphatic rings. The molecule has 4 amide bonds. The van der Waals surface area contributed by atoms with Crippen LogP contribution in [0.25, 0.3) is 0 Å². The number of carbonyl (C=O) groups excluding carboxylic acids is 4. The first-order chi connectivity index (χ1) is 22.2. The Hall–Kier alpha value is -4.08. The topological polar surface area (TPSA) is 157 Å². The van der Waals surface area contributed by atoms with E-state index in [2.05, 4.69) is 35.6 Å². The summed E-state index contributed by atoms with van der Waals surface area (Å²) in [7, 11) is 0. The summed E-state index contributed by atoms with van der Waals surface area (Å²) in [4.78, 5) is 49.7. The molecular weight excluding hydrogens is 584 g/mol. The van der Waals surface area contributed by atoms with Crippen LogP contribution in [0.4, 0.5) is 0 Å². The highest BCUT2D eigenvalue weighted by molar-refractivity contribution is 5.98. The highest BCUT2D eigenvalue weighted by atomic mass is 16.3. The smallest absolute Gasteiger partial charge is 0.273 e. The molecule has 2 aromatic carbocycles. The summed E-state index contributed by atoms with van der Waals surface area (Å²) in [6, 6.07) is 9.98. The number of amides is 4. The van der Waals surface area contributed by atoms with Gasteiger partial charge in [0.25, 0.3) is 11.8 Å². The normalized spacial score (nSPS) is 11.5. The van der Waals surface area contributed by atoms with Crippen molar-refractivity contribution >= 4 is 23.6 Å². The minimum absolute atomic E-state index is 0.122. The van der Waals surface area contributed by atoms with E-state index in [1.807, 2.05) is 19.1 Å². The van der Waals surface area contributed by atoms with E-state index in [-0.39, 0.29) is 46.8 Å². The number of hydrogen-bond acceptors (Lipinski definition) is 6. The summed E-state index contributed by atoms with van der Waals surface area (Å²) >= 11 is 0. The fourth-order valence-electron chi connectivity index (χ4n) is 5.14. The van der Waals surface area contributed by atoms with Gasteiger partial charge in [0.2, 0.25) is 11.8 Å². The van der Waals surface area contributed by atoms with Gasteiger partial charge in [0.05, 0.1) is 11.1 Å². The van der Waals surface area contributed by atoms with Gasteiger partial charge in [-0.3, -0.25) is 40.9 Å². The second-order valence-electron chi connectivity index (χ2n) is 12.1. The maximum Gasteiger partial charge on any atom is 0.273 e. The molecule has 0 radical (unpaired) electrons. The lowest BCUT2D eigenvalue weighted by atomic mass is 10.0. The summed E-state index contributed by atoms with van der Waals surface area (Å²) in [6.07, 6.45) is 14.4. The summed E-state index contributed by atoms with van der Waals surface area (Å²) in [5.74, 6) is -2.18. The van der Waals surface area contributed by atoms with Gasteiger partial charge < -0.3 is 10.2 Å². The second kappa shape index (κ2) is 21.6. The molecule has 0 bridgehead atoms. The van der Waals surface area contributed by atoms with Crippen molar-refractivity contribution in [3.05, 3.63) is 58.7 Å². The van der Waals surface area contributed by atoms with Crippen molar-refractivity contribution in [3.8, 4) is 11.5 Å². The van der Waals surface area contributed by atoms with E-state index in [0.29, 0.717) is 12.8 Å². The molecule has 0 spiro atoms. The van der Waals surface area contributed by atoms with Crippen LogP contribution in [0, 0.1) is 5.92 Å². The Bertz CT molecular complexity index is 1270. The largest absolute Gasteiger partial charge is 0.507 e. The number of rotatable bonds is 20. The van der Waals surface area contributed by atoms with Gasteiger partial charge >= 0.3 is 0 Å². The van der Waals surface area contributed by atoms with Gasteiger partial charge in [-0.25, -0.2) is 0 Å². The predicted octanol–water partition coefficient (Wildman–Crippen LogP) is 6.54. The Morgan fingerprint density at radius 2 is 1.09 bits per heavy atom. The molecule has 254 valence electrons. The third-order valence-electron chi connectivity index (χ3n) is 8.10. The van der Waals surface area contributed by atoms with E-state index >= 15 is 0 Å². The number of hydrogen-bond donors (Lipinski definition) is 6. The van der Waals surface area contributed by atoms with Crippen LogP contribution in [0.1, 0.15) is 143 Å². The Morgan fingerprint density at radius 3 is 1.61 bits per heavy atom.